The van der Waals surface area contributed by atoms with Gasteiger partial charge >= 0.3 is 0 Å². The van der Waals surface area contributed by atoms with Gasteiger partial charge in [-0.15, -0.1) is 9.93 Å². The van der Waals surface area contributed by atoms with Gasteiger partial charge in [-0.25, -0.2) is 0 Å². The molecule has 0 bridgehead atoms. The lowest BCUT2D eigenvalue weighted by Gasteiger charge is -2.32. The summed E-state index contributed by atoms with van der Waals surface area (Å²) in [6.07, 6.45) is 5.54. The van der Waals surface area contributed by atoms with E-state index in [1.165, 1.54) is 5.56 Å². The van der Waals surface area contributed by atoms with Crippen LogP contribution in [0.4, 0.5) is 0 Å². The fourth-order valence-corrected chi connectivity index (χ4v) is 4.86. The summed E-state index contributed by atoms with van der Waals surface area (Å²) in [6, 6.07) is 16.1. The van der Waals surface area contributed by atoms with Crippen molar-refractivity contribution in [1.29, 1.82) is 0 Å². The summed E-state index contributed by atoms with van der Waals surface area (Å²) in [5.41, 5.74) is 9.98. The zero-order valence-corrected chi connectivity index (χ0v) is 17.1. The summed E-state index contributed by atoms with van der Waals surface area (Å²) >= 11 is 0. The molecule has 2 aromatic carbocycles. The van der Waals surface area contributed by atoms with Crippen molar-refractivity contribution in [2.75, 3.05) is 25.6 Å². The molecule has 1 heterocycles. The smallest absolute Gasteiger partial charge is 0.253 e. The van der Waals surface area contributed by atoms with Crippen molar-refractivity contribution in [3.05, 3.63) is 70.8 Å². The zero-order chi connectivity index (χ0) is 19.4. The average molecular weight is 387 g/mol. The number of nitrogens with two attached hydrogens (primary N) is 1. The molecule has 4 nitrogen and oxygen atoms in total. The van der Waals surface area contributed by atoms with Crippen molar-refractivity contribution in [2.24, 2.45) is 5.73 Å². The molecule has 2 aromatic rings. The maximum absolute atomic E-state index is 12.8. The number of carbonyl (C=O) groups excluding carboxylic acids is 1. The molecule has 0 saturated carbocycles. The van der Waals surface area contributed by atoms with E-state index in [9.17, 15) is 9.00 Å². The Balaban J connectivity index is 1.60. The van der Waals surface area contributed by atoms with Gasteiger partial charge in [-0.2, -0.15) is 0 Å². The second-order valence-electron chi connectivity index (χ2n) is 7.94. The summed E-state index contributed by atoms with van der Waals surface area (Å²) in [7, 11) is -2.10. The van der Waals surface area contributed by atoms with Gasteiger partial charge in [-0.05, 0) is 60.1 Å². The van der Waals surface area contributed by atoms with E-state index < -0.39 is 9.93 Å². The monoisotopic (exact) mass is 386 g/mol. The predicted octanol–water partition coefficient (Wildman–Crippen LogP) is 2.94. The molecule has 0 radical (unpaired) electrons. The van der Waals surface area contributed by atoms with E-state index in [0.717, 1.165) is 37.1 Å². The number of piperidine rings is 1. The lowest BCUT2D eigenvalue weighted by atomic mass is 9.88. The van der Waals surface area contributed by atoms with Crippen LogP contribution >= 0.6 is 0 Å². The highest BCUT2D eigenvalue weighted by Gasteiger charge is 2.24. The largest absolute Gasteiger partial charge is 0.339 e. The van der Waals surface area contributed by atoms with E-state index in [4.69, 9.17) is 5.73 Å². The first-order valence-electron chi connectivity index (χ1n) is 9.57. The van der Waals surface area contributed by atoms with Crippen molar-refractivity contribution in [3.63, 3.8) is 0 Å². The van der Waals surface area contributed by atoms with Crippen LogP contribution in [0.25, 0.3) is 0 Å². The Morgan fingerprint density at radius 1 is 1.07 bits per heavy atom. The number of amides is 1. The maximum atomic E-state index is 12.8. The van der Waals surface area contributed by atoms with E-state index in [1.54, 1.807) is 12.5 Å². The van der Waals surface area contributed by atoms with Gasteiger partial charge in [0.15, 0.2) is 0 Å². The molecule has 146 valence electrons. The van der Waals surface area contributed by atoms with Gasteiger partial charge in [-0.1, -0.05) is 36.4 Å². The Kier molecular flexibility index (Phi) is 6.12. The first-order valence-corrected chi connectivity index (χ1v) is 12.4. The lowest BCUT2D eigenvalue weighted by molar-refractivity contribution is 0.0713. The first-order chi connectivity index (χ1) is 12.9. The van der Waals surface area contributed by atoms with Gasteiger partial charge < -0.3 is 10.6 Å². The standard InChI is InChI=1S/C22H30N2O2S/c1-27(2,26)16-17-6-8-20(9-7-17)22(25)24-12-10-19(11-13-24)21-5-3-4-18(14-21)15-23/h3-9,14,19,27H,10-13,15-16,23H2,1-2H3. The zero-order valence-electron chi connectivity index (χ0n) is 16.2. The van der Waals surface area contributed by atoms with Crippen molar-refractivity contribution in [2.45, 2.75) is 31.1 Å². The summed E-state index contributed by atoms with van der Waals surface area (Å²) in [4.78, 5) is 14.7. The van der Waals surface area contributed by atoms with E-state index in [0.29, 0.717) is 23.8 Å². The predicted molar refractivity (Wildman–Crippen MR) is 114 cm³/mol. The van der Waals surface area contributed by atoms with E-state index in [1.807, 2.05) is 29.2 Å². The Bertz CT molecular complexity index is 834. The molecule has 1 amide bonds. The van der Waals surface area contributed by atoms with Crippen molar-refractivity contribution >= 4 is 15.8 Å². The highest BCUT2D eigenvalue weighted by molar-refractivity contribution is 8.00. The molecule has 1 fully saturated rings. The molecule has 0 unspecified atom stereocenters. The summed E-state index contributed by atoms with van der Waals surface area (Å²) in [5.74, 6) is 1.16. The normalized spacial score (nSPS) is 16.3. The molecule has 3 rings (SSSR count). The number of likely N-dealkylation sites (tertiary alicyclic amines) is 1. The first kappa shape index (κ1) is 19.8. The van der Waals surface area contributed by atoms with Gasteiger partial charge in [0, 0.05) is 31.0 Å². The molecule has 0 aliphatic carbocycles. The fraction of sp³-hybridized carbons (Fsp3) is 0.409. The SMILES string of the molecule is C[SH](C)(=O)Cc1ccc(C(=O)N2CCC(c3cccc(CN)c3)CC2)cc1. The average Bonchev–Trinajstić information content (AvgIpc) is 2.67. The molecule has 5 heteroatoms. The second kappa shape index (κ2) is 8.36. The van der Waals surface area contributed by atoms with Crippen LogP contribution in [-0.4, -0.2) is 40.6 Å². The number of nitrogens with zero attached hydrogens (tertiary/aromatic N) is 1. The summed E-state index contributed by atoms with van der Waals surface area (Å²) in [5, 5.41) is 0. The van der Waals surface area contributed by atoms with Crippen molar-refractivity contribution in [1.82, 2.24) is 4.90 Å². The number of benzene rings is 2. The molecule has 1 aliphatic heterocycles. The molecule has 0 spiro atoms. The Morgan fingerprint density at radius 3 is 2.33 bits per heavy atom. The van der Waals surface area contributed by atoms with Crippen LogP contribution in [-0.2, 0) is 22.2 Å². The number of hydrogen-bond acceptors (Lipinski definition) is 3. The summed E-state index contributed by atoms with van der Waals surface area (Å²) in [6.45, 7) is 2.11. The number of thiol groups is 1. The molecular weight excluding hydrogens is 356 g/mol. The quantitative estimate of drug-likeness (QED) is 0.777. The minimum absolute atomic E-state index is 0.0897. The third-order valence-corrected chi connectivity index (χ3v) is 6.33. The van der Waals surface area contributed by atoms with Crippen LogP contribution in [0.2, 0.25) is 0 Å². The number of rotatable bonds is 5. The van der Waals surface area contributed by atoms with Crippen LogP contribution < -0.4 is 5.73 Å². The van der Waals surface area contributed by atoms with Gasteiger partial charge in [0.25, 0.3) is 5.91 Å². The van der Waals surface area contributed by atoms with Crippen molar-refractivity contribution in [3.8, 4) is 0 Å². The number of hydrogen-bond donors (Lipinski definition) is 2. The van der Waals surface area contributed by atoms with E-state index in [-0.39, 0.29) is 5.91 Å². The molecule has 0 aromatic heterocycles. The van der Waals surface area contributed by atoms with E-state index in [2.05, 4.69) is 24.3 Å². The minimum atomic E-state index is -2.10. The fourth-order valence-electron chi connectivity index (χ4n) is 3.76. The highest BCUT2D eigenvalue weighted by atomic mass is 32.2. The van der Waals surface area contributed by atoms with Crippen LogP contribution in [0.1, 0.15) is 45.8 Å². The minimum Gasteiger partial charge on any atom is -0.339 e. The van der Waals surface area contributed by atoms with E-state index >= 15 is 0 Å². The van der Waals surface area contributed by atoms with Crippen LogP contribution in [0.15, 0.2) is 48.5 Å². The van der Waals surface area contributed by atoms with Gasteiger partial charge in [0.05, 0.1) is 0 Å². The van der Waals surface area contributed by atoms with Gasteiger partial charge in [0.2, 0.25) is 0 Å². The topological polar surface area (TPSA) is 63.4 Å². The van der Waals surface area contributed by atoms with Crippen LogP contribution in [0.3, 0.4) is 0 Å². The van der Waals surface area contributed by atoms with Crippen LogP contribution in [0, 0.1) is 0 Å². The third kappa shape index (κ3) is 5.27. The molecular formula is C22H30N2O2S. The third-order valence-electron chi connectivity index (χ3n) is 5.20. The summed E-state index contributed by atoms with van der Waals surface area (Å²) < 4.78 is 12.0. The van der Waals surface area contributed by atoms with Gasteiger partial charge in [0.1, 0.15) is 0 Å². The van der Waals surface area contributed by atoms with Crippen LogP contribution in [0.5, 0.6) is 0 Å². The Hall–Kier alpha value is -1.98. The second-order valence-corrected chi connectivity index (χ2v) is 11.4. The molecule has 1 saturated heterocycles. The Labute approximate surface area is 163 Å². The van der Waals surface area contributed by atoms with Gasteiger partial charge in [-0.3, -0.25) is 9.00 Å². The number of carbonyl (C=O) groups is 1. The molecule has 1 aliphatic rings. The van der Waals surface area contributed by atoms with Crippen molar-refractivity contribution < 1.29 is 9.00 Å². The molecule has 0 atom stereocenters. The maximum Gasteiger partial charge on any atom is 0.253 e. The Morgan fingerprint density at radius 2 is 1.74 bits per heavy atom. The molecule has 2 N–H and O–H groups in total. The highest BCUT2D eigenvalue weighted by Crippen LogP contribution is 2.29. The molecule has 27 heavy (non-hydrogen) atoms. The lowest BCUT2D eigenvalue weighted by Crippen LogP contribution is -2.37.